The molecule has 132 valence electrons. The van der Waals surface area contributed by atoms with E-state index in [1.165, 1.54) is 24.3 Å². The minimum Gasteiger partial charge on any atom is -0.406 e. The lowest BCUT2D eigenvalue weighted by atomic mass is 9.63. The summed E-state index contributed by atoms with van der Waals surface area (Å²) in [6.45, 7) is 0. The van der Waals surface area contributed by atoms with Crippen LogP contribution in [-0.2, 0) is 10.2 Å². The van der Waals surface area contributed by atoms with Crippen LogP contribution in [0.1, 0.15) is 24.8 Å². The maximum absolute atomic E-state index is 13.5. The van der Waals surface area contributed by atoms with Gasteiger partial charge >= 0.3 is 6.36 Å². The molecule has 2 aromatic carbocycles. The summed E-state index contributed by atoms with van der Waals surface area (Å²) in [6, 6.07) is 10.8. The summed E-state index contributed by atoms with van der Waals surface area (Å²) in [6.07, 6.45) is -2.73. The van der Waals surface area contributed by atoms with Crippen LogP contribution in [0.25, 0.3) is 0 Å². The first-order valence-electron chi connectivity index (χ1n) is 7.72. The van der Waals surface area contributed by atoms with E-state index in [-0.39, 0.29) is 11.7 Å². The van der Waals surface area contributed by atoms with E-state index in [1.807, 2.05) is 0 Å². The number of carbonyl (C=O) groups excluding carboxylic acids is 1. The first kappa shape index (κ1) is 17.3. The molecule has 0 atom stereocenters. The highest BCUT2D eigenvalue weighted by atomic mass is 19.4. The van der Waals surface area contributed by atoms with Gasteiger partial charge in [0.25, 0.3) is 0 Å². The van der Waals surface area contributed by atoms with Crippen molar-refractivity contribution in [2.24, 2.45) is 0 Å². The molecule has 3 rings (SSSR count). The third-order valence-electron chi connectivity index (χ3n) is 4.36. The number of halogens is 4. The van der Waals surface area contributed by atoms with Crippen LogP contribution >= 0.6 is 0 Å². The summed E-state index contributed by atoms with van der Waals surface area (Å²) in [5, 5.41) is 2.69. The maximum Gasteiger partial charge on any atom is 0.573 e. The predicted molar refractivity (Wildman–Crippen MR) is 83.7 cm³/mol. The molecule has 1 aliphatic rings. The van der Waals surface area contributed by atoms with Crippen molar-refractivity contribution in [2.75, 3.05) is 5.32 Å². The highest BCUT2D eigenvalue weighted by molar-refractivity contribution is 5.99. The van der Waals surface area contributed by atoms with E-state index in [0.717, 1.165) is 18.6 Å². The fourth-order valence-electron chi connectivity index (χ4n) is 2.95. The molecule has 1 aliphatic carbocycles. The molecular formula is C18H15F4NO2. The summed E-state index contributed by atoms with van der Waals surface area (Å²) in [5.74, 6) is -1.08. The smallest absolute Gasteiger partial charge is 0.406 e. The fraction of sp³-hybridized carbons (Fsp3) is 0.278. The molecule has 7 heteroatoms. The van der Waals surface area contributed by atoms with Gasteiger partial charge in [-0.05, 0) is 54.8 Å². The Labute approximate surface area is 141 Å². The van der Waals surface area contributed by atoms with Crippen LogP contribution in [0.15, 0.2) is 48.5 Å². The Hall–Kier alpha value is -2.57. The minimum absolute atomic E-state index is 0.297. The summed E-state index contributed by atoms with van der Waals surface area (Å²) in [7, 11) is 0. The van der Waals surface area contributed by atoms with Gasteiger partial charge in [0.2, 0.25) is 5.91 Å². The van der Waals surface area contributed by atoms with Gasteiger partial charge in [0.15, 0.2) is 0 Å². The van der Waals surface area contributed by atoms with E-state index in [4.69, 9.17) is 0 Å². The molecule has 2 aromatic rings. The van der Waals surface area contributed by atoms with E-state index in [0.29, 0.717) is 24.1 Å². The summed E-state index contributed by atoms with van der Waals surface area (Å²) >= 11 is 0. The molecule has 0 spiro atoms. The van der Waals surface area contributed by atoms with Gasteiger partial charge in [-0.3, -0.25) is 4.79 Å². The van der Waals surface area contributed by atoms with Gasteiger partial charge in [-0.1, -0.05) is 18.6 Å². The number of amides is 1. The molecule has 0 heterocycles. The van der Waals surface area contributed by atoms with Crippen LogP contribution < -0.4 is 10.1 Å². The fourth-order valence-corrected chi connectivity index (χ4v) is 2.95. The zero-order chi connectivity index (χ0) is 18.1. The van der Waals surface area contributed by atoms with Gasteiger partial charge in [0, 0.05) is 5.69 Å². The minimum atomic E-state index is -4.77. The van der Waals surface area contributed by atoms with Gasteiger partial charge in [-0.2, -0.15) is 0 Å². The average Bonchev–Trinajstić information content (AvgIpc) is 2.47. The number of nitrogens with one attached hydrogen (secondary N) is 1. The molecule has 0 radical (unpaired) electrons. The van der Waals surface area contributed by atoms with Crippen molar-refractivity contribution in [2.45, 2.75) is 31.0 Å². The Bertz CT molecular complexity index is 767. The van der Waals surface area contributed by atoms with Crippen molar-refractivity contribution in [1.29, 1.82) is 0 Å². The number of anilines is 1. The van der Waals surface area contributed by atoms with E-state index in [9.17, 15) is 22.4 Å². The monoisotopic (exact) mass is 353 g/mol. The Balaban J connectivity index is 1.75. The second-order valence-electron chi connectivity index (χ2n) is 5.97. The lowest BCUT2D eigenvalue weighted by Gasteiger charge is -2.40. The lowest BCUT2D eigenvalue weighted by molar-refractivity contribution is -0.274. The normalized spacial score (nSPS) is 16.0. The molecule has 25 heavy (non-hydrogen) atoms. The molecule has 0 bridgehead atoms. The van der Waals surface area contributed by atoms with E-state index in [1.54, 1.807) is 12.1 Å². The van der Waals surface area contributed by atoms with E-state index < -0.39 is 17.6 Å². The van der Waals surface area contributed by atoms with Crippen LogP contribution in [0.5, 0.6) is 5.75 Å². The number of hydrogen-bond acceptors (Lipinski definition) is 2. The van der Waals surface area contributed by atoms with Crippen molar-refractivity contribution >= 4 is 11.6 Å². The van der Waals surface area contributed by atoms with E-state index >= 15 is 0 Å². The van der Waals surface area contributed by atoms with Crippen LogP contribution in [0.2, 0.25) is 0 Å². The molecule has 1 fully saturated rings. The molecule has 1 saturated carbocycles. The van der Waals surface area contributed by atoms with Crippen molar-refractivity contribution in [3.05, 3.63) is 59.9 Å². The Morgan fingerprint density at radius 2 is 1.76 bits per heavy atom. The number of rotatable bonds is 4. The SMILES string of the molecule is O=C(Nc1ccc(OC(F)(F)F)cc1)C1(c2cccc(F)c2)CCC1. The number of benzene rings is 2. The van der Waals surface area contributed by atoms with Gasteiger partial charge in [-0.25, -0.2) is 4.39 Å². The standard InChI is InChI=1S/C18H15F4NO2/c19-13-4-1-3-12(11-13)17(9-2-10-17)16(24)23-14-5-7-15(8-6-14)25-18(20,21)22/h1,3-8,11H,2,9-10H2,(H,23,24). The lowest BCUT2D eigenvalue weighted by Crippen LogP contribution is -2.46. The first-order chi connectivity index (χ1) is 11.8. The zero-order valence-corrected chi connectivity index (χ0v) is 13.1. The molecule has 0 unspecified atom stereocenters. The van der Waals surface area contributed by atoms with Crippen LogP contribution in [0, 0.1) is 5.82 Å². The zero-order valence-electron chi connectivity index (χ0n) is 13.1. The van der Waals surface area contributed by atoms with Crippen LogP contribution in [0.4, 0.5) is 23.2 Å². The quantitative estimate of drug-likeness (QED) is 0.803. The van der Waals surface area contributed by atoms with Gasteiger partial charge in [0.05, 0.1) is 5.41 Å². The largest absolute Gasteiger partial charge is 0.573 e. The second kappa shape index (κ2) is 6.38. The Kier molecular flexibility index (Phi) is 4.41. The van der Waals surface area contributed by atoms with Crippen LogP contribution in [0.3, 0.4) is 0 Å². The third kappa shape index (κ3) is 3.75. The Morgan fingerprint density at radius 1 is 1.08 bits per heavy atom. The Morgan fingerprint density at radius 3 is 2.28 bits per heavy atom. The molecule has 0 aromatic heterocycles. The number of ether oxygens (including phenoxy) is 1. The predicted octanol–water partition coefficient (Wildman–Crippen LogP) is 4.78. The van der Waals surface area contributed by atoms with Gasteiger partial charge < -0.3 is 10.1 Å². The summed E-state index contributed by atoms with van der Waals surface area (Å²) in [4.78, 5) is 12.7. The average molecular weight is 353 g/mol. The second-order valence-corrected chi connectivity index (χ2v) is 5.97. The highest BCUT2D eigenvalue weighted by Crippen LogP contribution is 2.44. The van der Waals surface area contributed by atoms with Crippen LogP contribution in [-0.4, -0.2) is 12.3 Å². The topological polar surface area (TPSA) is 38.3 Å². The molecule has 1 amide bonds. The van der Waals surface area contributed by atoms with Crippen molar-refractivity contribution in [3.63, 3.8) is 0 Å². The molecule has 0 aliphatic heterocycles. The van der Waals surface area contributed by atoms with Crippen molar-refractivity contribution < 1.29 is 27.1 Å². The van der Waals surface area contributed by atoms with Crippen molar-refractivity contribution in [1.82, 2.24) is 0 Å². The number of hydrogen-bond donors (Lipinski definition) is 1. The summed E-state index contributed by atoms with van der Waals surface area (Å²) in [5.41, 5.74) is 0.152. The van der Waals surface area contributed by atoms with Gasteiger partial charge in [-0.15, -0.1) is 13.2 Å². The first-order valence-corrected chi connectivity index (χ1v) is 7.72. The van der Waals surface area contributed by atoms with E-state index in [2.05, 4.69) is 10.1 Å². The summed E-state index contributed by atoms with van der Waals surface area (Å²) < 4.78 is 53.8. The molecule has 3 nitrogen and oxygen atoms in total. The molecule has 0 saturated heterocycles. The number of alkyl halides is 3. The molecule has 1 N–H and O–H groups in total. The third-order valence-corrected chi connectivity index (χ3v) is 4.36. The highest BCUT2D eigenvalue weighted by Gasteiger charge is 2.45. The van der Waals surface area contributed by atoms with Crippen molar-refractivity contribution in [3.8, 4) is 5.75 Å². The maximum atomic E-state index is 13.5. The molecular weight excluding hydrogens is 338 g/mol. The number of carbonyl (C=O) groups is 1. The van der Waals surface area contributed by atoms with Gasteiger partial charge in [0.1, 0.15) is 11.6 Å².